The van der Waals surface area contributed by atoms with E-state index in [9.17, 15) is 9.18 Å². The molecule has 0 aliphatic carbocycles. The molecule has 168 valence electrons. The van der Waals surface area contributed by atoms with Crippen LogP contribution in [0.4, 0.5) is 10.3 Å². The summed E-state index contributed by atoms with van der Waals surface area (Å²) in [6.07, 6.45) is 6.50. The molecule has 0 amide bonds. The van der Waals surface area contributed by atoms with Crippen LogP contribution in [0, 0.1) is 5.82 Å². The van der Waals surface area contributed by atoms with Crippen molar-refractivity contribution in [3.05, 3.63) is 65.7 Å². The summed E-state index contributed by atoms with van der Waals surface area (Å²) in [5.74, 6) is -1.28. The van der Waals surface area contributed by atoms with E-state index in [0.717, 1.165) is 60.5 Å². The largest absolute Gasteiger partial charge is 0.478 e. The highest BCUT2D eigenvalue weighted by atomic mass is 19.1. The van der Waals surface area contributed by atoms with Crippen molar-refractivity contribution in [1.29, 1.82) is 0 Å². The van der Waals surface area contributed by atoms with E-state index in [4.69, 9.17) is 5.11 Å². The van der Waals surface area contributed by atoms with Crippen molar-refractivity contribution in [3.63, 3.8) is 0 Å². The third-order valence-corrected chi connectivity index (χ3v) is 6.20. The summed E-state index contributed by atoms with van der Waals surface area (Å²) >= 11 is 0. The van der Waals surface area contributed by atoms with Gasteiger partial charge in [0.2, 0.25) is 5.95 Å². The number of hydrogen-bond acceptors (Lipinski definition) is 6. The maximum Gasteiger partial charge on any atom is 0.338 e. The fourth-order valence-corrected chi connectivity index (χ4v) is 4.26. The van der Waals surface area contributed by atoms with Gasteiger partial charge in [-0.3, -0.25) is 0 Å². The summed E-state index contributed by atoms with van der Waals surface area (Å²) in [5, 5.41) is 17.8. The maximum atomic E-state index is 14.1. The lowest BCUT2D eigenvalue weighted by Crippen LogP contribution is -2.36. The number of halogens is 1. The van der Waals surface area contributed by atoms with Crippen LogP contribution in [0.15, 0.2) is 48.8 Å². The van der Waals surface area contributed by atoms with Gasteiger partial charge in [0.25, 0.3) is 0 Å². The van der Waals surface area contributed by atoms with Gasteiger partial charge >= 0.3 is 5.97 Å². The maximum absolute atomic E-state index is 14.1. The Morgan fingerprint density at radius 3 is 2.45 bits per heavy atom. The molecule has 1 saturated heterocycles. The number of rotatable bonds is 5. The molecule has 8 nitrogen and oxygen atoms in total. The van der Waals surface area contributed by atoms with Gasteiger partial charge in [-0.2, -0.15) is 0 Å². The molecule has 33 heavy (non-hydrogen) atoms. The molecule has 2 aromatic heterocycles. The number of aryl methyl sites for hydroxylation is 1. The number of carboxylic acid groups (broad SMARTS) is 1. The SMILES string of the molecule is CCc1cnc(N2CCC(n3nnc4cc(-c5ccc(C(=O)O)c(F)c5)ccc43)CC2)nc1. The van der Waals surface area contributed by atoms with Crippen LogP contribution in [-0.2, 0) is 6.42 Å². The van der Waals surface area contributed by atoms with E-state index >= 15 is 0 Å². The molecule has 3 heterocycles. The first-order valence-corrected chi connectivity index (χ1v) is 11.0. The predicted molar refractivity (Wildman–Crippen MR) is 122 cm³/mol. The molecule has 5 rings (SSSR count). The second-order valence-corrected chi connectivity index (χ2v) is 8.20. The minimum Gasteiger partial charge on any atom is -0.478 e. The topological polar surface area (TPSA) is 97.0 Å². The highest BCUT2D eigenvalue weighted by molar-refractivity contribution is 5.89. The molecular weight excluding hydrogens is 423 g/mol. The van der Waals surface area contributed by atoms with Gasteiger partial charge in [-0.25, -0.2) is 23.8 Å². The minimum atomic E-state index is -1.28. The summed E-state index contributed by atoms with van der Waals surface area (Å²) in [6.45, 7) is 3.76. The number of aromatic nitrogens is 5. The number of nitrogens with zero attached hydrogens (tertiary/aromatic N) is 6. The van der Waals surface area contributed by atoms with E-state index in [0.29, 0.717) is 5.56 Å². The molecule has 1 fully saturated rings. The summed E-state index contributed by atoms with van der Waals surface area (Å²) in [4.78, 5) is 22.2. The van der Waals surface area contributed by atoms with Crippen LogP contribution in [0.2, 0.25) is 0 Å². The number of carbonyl (C=O) groups is 1. The quantitative estimate of drug-likeness (QED) is 0.492. The van der Waals surface area contributed by atoms with Crippen molar-refractivity contribution in [2.24, 2.45) is 0 Å². The van der Waals surface area contributed by atoms with Gasteiger partial charge in [-0.15, -0.1) is 5.10 Å². The molecule has 0 unspecified atom stereocenters. The van der Waals surface area contributed by atoms with E-state index < -0.39 is 11.8 Å². The van der Waals surface area contributed by atoms with Gasteiger partial charge in [-0.05, 0) is 60.2 Å². The molecule has 1 aliphatic heterocycles. The Balaban J connectivity index is 1.33. The highest BCUT2D eigenvalue weighted by Gasteiger charge is 2.24. The molecule has 9 heteroatoms. The van der Waals surface area contributed by atoms with Crippen molar-refractivity contribution in [2.45, 2.75) is 32.2 Å². The van der Waals surface area contributed by atoms with Crippen LogP contribution in [0.25, 0.3) is 22.2 Å². The summed E-state index contributed by atoms with van der Waals surface area (Å²) in [6, 6.07) is 10.0. The first kappa shape index (κ1) is 21.0. The van der Waals surface area contributed by atoms with Crippen LogP contribution < -0.4 is 4.90 Å². The van der Waals surface area contributed by atoms with Gasteiger partial charge in [0, 0.05) is 25.5 Å². The van der Waals surface area contributed by atoms with Gasteiger partial charge in [-0.1, -0.05) is 24.3 Å². The molecule has 0 bridgehead atoms. The number of benzene rings is 2. The van der Waals surface area contributed by atoms with E-state index in [-0.39, 0.29) is 11.6 Å². The van der Waals surface area contributed by atoms with E-state index in [1.165, 1.54) is 12.1 Å². The van der Waals surface area contributed by atoms with Crippen LogP contribution >= 0.6 is 0 Å². The number of fused-ring (bicyclic) bond motifs is 1. The monoisotopic (exact) mass is 446 g/mol. The van der Waals surface area contributed by atoms with Gasteiger partial charge in [0.05, 0.1) is 17.1 Å². The summed E-state index contributed by atoms with van der Waals surface area (Å²) in [5.41, 5.74) is 3.77. The highest BCUT2D eigenvalue weighted by Crippen LogP contribution is 2.30. The lowest BCUT2D eigenvalue weighted by atomic mass is 10.0. The third-order valence-electron chi connectivity index (χ3n) is 6.20. The predicted octanol–water partition coefficient (Wildman–Crippen LogP) is 4.13. The van der Waals surface area contributed by atoms with Crippen LogP contribution in [-0.4, -0.2) is 49.1 Å². The number of aromatic carboxylic acids is 1. The average Bonchev–Trinajstić information content (AvgIpc) is 3.27. The van der Waals surface area contributed by atoms with Crippen molar-refractivity contribution in [1.82, 2.24) is 25.0 Å². The zero-order chi connectivity index (χ0) is 22.9. The van der Waals surface area contributed by atoms with Crippen molar-refractivity contribution >= 4 is 23.0 Å². The molecule has 1 aliphatic rings. The smallest absolute Gasteiger partial charge is 0.338 e. The Morgan fingerprint density at radius 2 is 1.79 bits per heavy atom. The molecule has 0 radical (unpaired) electrons. The van der Waals surface area contributed by atoms with Crippen molar-refractivity contribution in [2.75, 3.05) is 18.0 Å². The molecular formula is C24H23FN6O2. The Bertz CT molecular complexity index is 1310. The minimum absolute atomic E-state index is 0.222. The zero-order valence-electron chi connectivity index (χ0n) is 18.1. The van der Waals surface area contributed by atoms with Crippen LogP contribution in [0.3, 0.4) is 0 Å². The Hall–Kier alpha value is -3.88. The standard InChI is InChI=1S/C24H23FN6O2/c1-2-15-13-26-24(27-14-15)30-9-7-18(8-10-30)31-22-6-4-17(12-21(22)28-29-31)16-3-5-19(23(32)33)20(25)11-16/h3-6,11-14,18H,2,7-10H2,1H3,(H,32,33). The fraction of sp³-hybridized carbons (Fsp3) is 0.292. The zero-order valence-corrected chi connectivity index (χ0v) is 18.1. The first-order chi connectivity index (χ1) is 16.0. The molecule has 2 aromatic carbocycles. The summed E-state index contributed by atoms with van der Waals surface area (Å²) < 4.78 is 16.1. The molecule has 0 spiro atoms. The van der Waals surface area contributed by atoms with Crippen molar-refractivity contribution in [3.8, 4) is 11.1 Å². The lowest BCUT2D eigenvalue weighted by Gasteiger charge is -2.32. The fourth-order valence-electron chi connectivity index (χ4n) is 4.26. The Labute approximate surface area is 189 Å². The van der Waals surface area contributed by atoms with E-state index in [1.807, 2.05) is 35.3 Å². The number of carboxylic acids is 1. The van der Waals surface area contributed by atoms with Gasteiger partial charge in [0.15, 0.2) is 0 Å². The molecule has 0 atom stereocenters. The Kier molecular flexibility index (Phi) is 5.45. The van der Waals surface area contributed by atoms with E-state index in [2.05, 4.69) is 32.1 Å². The van der Waals surface area contributed by atoms with Gasteiger partial charge < -0.3 is 10.0 Å². The summed E-state index contributed by atoms with van der Waals surface area (Å²) in [7, 11) is 0. The second-order valence-electron chi connectivity index (χ2n) is 8.20. The number of anilines is 1. The number of piperidine rings is 1. The third kappa shape index (κ3) is 4.02. The molecule has 4 aromatic rings. The average molecular weight is 446 g/mol. The molecule has 0 saturated carbocycles. The lowest BCUT2D eigenvalue weighted by molar-refractivity contribution is 0.0692. The number of hydrogen-bond donors (Lipinski definition) is 1. The second kappa shape index (κ2) is 8.57. The van der Waals surface area contributed by atoms with Crippen molar-refractivity contribution < 1.29 is 14.3 Å². The van der Waals surface area contributed by atoms with Crippen LogP contribution in [0.1, 0.15) is 41.7 Å². The Morgan fingerprint density at radius 1 is 1.09 bits per heavy atom. The molecule has 1 N–H and O–H groups in total. The first-order valence-electron chi connectivity index (χ1n) is 11.0. The van der Waals surface area contributed by atoms with Gasteiger partial charge in [0.1, 0.15) is 11.3 Å². The normalized spacial score (nSPS) is 14.7. The van der Waals surface area contributed by atoms with Crippen LogP contribution in [0.5, 0.6) is 0 Å². The van der Waals surface area contributed by atoms with E-state index in [1.54, 1.807) is 6.07 Å².